The van der Waals surface area contributed by atoms with Gasteiger partial charge in [-0.3, -0.25) is 4.68 Å². The molecule has 0 amide bonds. The van der Waals surface area contributed by atoms with Crippen LogP contribution in [0.1, 0.15) is 52.8 Å². The number of rotatable bonds is 5. The Morgan fingerprint density at radius 1 is 1.37 bits per heavy atom. The summed E-state index contributed by atoms with van der Waals surface area (Å²) in [7, 11) is 1.98. The van der Waals surface area contributed by atoms with Gasteiger partial charge in [0.15, 0.2) is 0 Å². The number of nitrogens with zero attached hydrogens (tertiary/aromatic N) is 2. The van der Waals surface area contributed by atoms with E-state index in [1.54, 1.807) is 6.20 Å². The third-order valence-corrected chi connectivity index (χ3v) is 5.60. The number of nitrogens with one attached hydrogen (secondary N) is 1. The van der Waals surface area contributed by atoms with E-state index < -0.39 is 0 Å². The molecule has 3 nitrogen and oxygen atoms in total. The molecule has 4 heteroatoms. The topological polar surface area (TPSA) is 29.9 Å². The van der Waals surface area contributed by atoms with E-state index in [2.05, 4.69) is 45.0 Å². The van der Waals surface area contributed by atoms with Crippen molar-refractivity contribution in [3.05, 3.63) is 16.9 Å². The fourth-order valence-corrected chi connectivity index (χ4v) is 3.81. The van der Waals surface area contributed by atoms with E-state index in [4.69, 9.17) is 11.6 Å². The van der Waals surface area contributed by atoms with Gasteiger partial charge < -0.3 is 5.32 Å². The predicted octanol–water partition coefficient (Wildman–Crippen LogP) is 3.80. The van der Waals surface area contributed by atoms with Crippen LogP contribution in [0.15, 0.2) is 6.20 Å². The summed E-state index contributed by atoms with van der Waals surface area (Å²) in [5.74, 6) is 0.583. The standard InChI is InChI=1S/C15H26ClN3/c1-7-8-17-11(12-10(16)9-18-19(12)6)13-14(2,3)15(13,4)5/h9,11,13,17H,7-8H2,1-6H3. The molecule has 2 rings (SSSR count). The van der Waals surface area contributed by atoms with E-state index in [-0.39, 0.29) is 6.04 Å². The monoisotopic (exact) mass is 283 g/mol. The highest BCUT2D eigenvalue weighted by molar-refractivity contribution is 6.31. The fraction of sp³-hybridized carbons (Fsp3) is 0.800. The Hall–Kier alpha value is -0.540. The van der Waals surface area contributed by atoms with E-state index in [1.165, 1.54) is 0 Å². The van der Waals surface area contributed by atoms with Crippen LogP contribution in [0.2, 0.25) is 5.02 Å². The van der Waals surface area contributed by atoms with Crippen LogP contribution < -0.4 is 5.32 Å². The third-order valence-electron chi connectivity index (χ3n) is 5.31. The maximum absolute atomic E-state index is 6.35. The summed E-state index contributed by atoms with van der Waals surface area (Å²) in [4.78, 5) is 0. The van der Waals surface area contributed by atoms with Gasteiger partial charge in [-0.2, -0.15) is 5.10 Å². The Bertz CT molecular complexity index is 428. The van der Waals surface area contributed by atoms with E-state index in [0.717, 1.165) is 23.7 Å². The van der Waals surface area contributed by atoms with Crippen LogP contribution in [0.5, 0.6) is 0 Å². The lowest BCUT2D eigenvalue weighted by molar-refractivity contribution is 0.389. The van der Waals surface area contributed by atoms with Crippen LogP contribution in [0.4, 0.5) is 0 Å². The molecule has 1 unspecified atom stereocenters. The summed E-state index contributed by atoms with van der Waals surface area (Å²) in [6.45, 7) is 12.6. The van der Waals surface area contributed by atoms with Crippen molar-refractivity contribution in [2.45, 2.75) is 47.1 Å². The molecular weight excluding hydrogens is 258 g/mol. The first-order valence-electron chi connectivity index (χ1n) is 7.16. The number of aryl methyl sites for hydroxylation is 1. The van der Waals surface area contributed by atoms with Crippen LogP contribution in [0.25, 0.3) is 0 Å². The van der Waals surface area contributed by atoms with Crippen LogP contribution in [-0.4, -0.2) is 16.3 Å². The van der Waals surface area contributed by atoms with E-state index in [1.807, 2.05) is 11.7 Å². The summed E-state index contributed by atoms with van der Waals surface area (Å²) >= 11 is 6.35. The summed E-state index contributed by atoms with van der Waals surface area (Å²) < 4.78 is 1.92. The normalized spacial score (nSPS) is 22.5. The van der Waals surface area contributed by atoms with Gasteiger partial charge in [-0.05, 0) is 29.7 Å². The second kappa shape index (κ2) is 4.78. The van der Waals surface area contributed by atoms with Gasteiger partial charge in [0.2, 0.25) is 0 Å². The van der Waals surface area contributed by atoms with Crippen molar-refractivity contribution < 1.29 is 0 Å². The molecule has 0 bridgehead atoms. The Balaban J connectivity index is 2.34. The van der Waals surface area contributed by atoms with Crippen molar-refractivity contribution >= 4 is 11.6 Å². The summed E-state index contributed by atoms with van der Waals surface area (Å²) in [5.41, 5.74) is 1.77. The molecule has 0 saturated heterocycles. The minimum atomic E-state index is 0.282. The molecular formula is C15H26ClN3. The van der Waals surface area contributed by atoms with Gasteiger partial charge in [0.05, 0.1) is 23.0 Å². The SMILES string of the molecule is CCCNC(c1c(Cl)cnn1C)C1C(C)(C)C1(C)C. The number of halogens is 1. The molecule has 1 aromatic heterocycles. The lowest BCUT2D eigenvalue weighted by Gasteiger charge is -2.22. The molecule has 1 heterocycles. The lowest BCUT2D eigenvalue weighted by atomic mass is 10.0. The zero-order valence-electron chi connectivity index (χ0n) is 12.9. The minimum absolute atomic E-state index is 0.282. The molecule has 0 aromatic carbocycles. The van der Waals surface area contributed by atoms with Gasteiger partial charge >= 0.3 is 0 Å². The van der Waals surface area contributed by atoms with E-state index in [9.17, 15) is 0 Å². The van der Waals surface area contributed by atoms with Crippen LogP contribution in [0.3, 0.4) is 0 Å². The van der Waals surface area contributed by atoms with E-state index >= 15 is 0 Å². The molecule has 0 radical (unpaired) electrons. The largest absolute Gasteiger partial charge is 0.308 e. The van der Waals surface area contributed by atoms with Crippen molar-refractivity contribution in [2.75, 3.05) is 6.54 Å². The smallest absolute Gasteiger partial charge is 0.0834 e. The summed E-state index contributed by atoms with van der Waals surface area (Å²) in [5, 5.41) is 8.75. The van der Waals surface area contributed by atoms with E-state index in [0.29, 0.717) is 16.7 Å². The molecule has 1 aliphatic rings. The Morgan fingerprint density at radius 2 is 1.95 bits per heavy atom. The van der Waals surface area contributed by atoms with Gasteiger partial charge in [-0.25, -0.2) is 0 Å². The van der Waals surface area contributed by atoms with Crippen LogP contribution in [0, 0.1) is 16.7 Å². The molecule has 1 saturated carbocycles. The molecule has 0 aliphatic heterocycles. The second-order valence-corrected chi connectivity index (χ2v) is 7.26. The highest BCUT2D eigenvalue weighted by atomic mass is 35.5. The van der Waals surface area contributed by atoms with Gasteiger partial charge in [0.25, 0.3) is 0 Å². The number of hydrogen-bond acceptors (Lipinski definition) is 2. The quantitative estimate of drug-likeness (QED) is 0.891. The molecule has 1 atom stereocenters. The van der Waals surface area contributed by atoms with Gasteiger partial charge in [-0.15, -0.1) is 0 Å². The molecule has 1 N–H and O–H groups in total. The first-order valence-corrected chi connectivity index (χ1v) is 7.53. The van der Waals surface area contributed by atoms with Crippen molar-refractivity contribution in [3.63, 3.8) is 0 Å². The lowest BCUT2D eigenvalue weighted by Crippen LogP contribution is -2.28. The first kappa shape index (κ1) is 14.9. The predicted molar refractivity (Wildman–Crippen MR) is 80.3 cm³/mol. The Kier molecular flexibility index (Phi) is 3.74. The average Bonchev–Trinajstić information content (AvgIpc) is 2.56. The van der Waals surface area contributed by atoms with Gasteiger partial charge in [0.1, 0.15) is 0 Å². The maximum atomic E-state index is 6.35. The molecule has 1 aliphatic carbocycles. The van der Waals surface area contributed by atoms with Crippen molar-refractivity contribution in [1.29, 1.82) is 0 Å². The molecule has 0 spiro atoms. The second-order valence-electron chi connectivity index (χ2n) is 6.85. The third kappa shape index (κ3) is 2.21. The maximum Gasteiger partial charge on any atom is 0.0834 e. The van der Waals surface area contributed by atoms with Gasteiger partial charge in [0, 0.05) is 7.05 Å². The van der Waals surface area contributed by atoms with Crippen molar-refractivity contribution in [3.8, 4) is 0 Å². The molecule has 108 valence electrons. The van der Waals surface area contributed by atoms with Gasteiger partial charge in [-0.1, -0.05) is 46.2 Å². The highest BCUT2D eigenvalue weighted by Gasteiger charge is 2.67. The highest BCUT2D eigenvalue weighted by Crippen LogP contribution is 2.72. The first-order chi connectivity index (χ1) is 8.75. The molecule has 1 aromatic rings. The number of aromatic nitrogens is 2. The summed E-state index contributed by atoms with van der Waals surface area (Å²) in [6.07, 6.45) is 2.87. The summed E-state index contributed by atoms with van der Waals surface area (Å²) in [6, 6.07) is 0.282. The minimum Gasteiger partial charge on any atom is -0.308 e. The molecule has 1 fully saturated rings. The molecule has 19 heavy (non-hydrogen) atoms. The van der Waals surface area contributed by atoms with Crippen molar-refractivity contribution in [2.24, 2.45) is 23.8 Å². The zero-order chi connectivity index (χ0) is 14.4. The number of hydrogen-bond donors (Lipinski definition) is 1. The van der Waals surface area contributed by atoms with Crippen LogP contribution in [-0.2, 0) is 7.05 Å². The Labute approximate surface area is 121 Å². The van der Waals surface area contributed by atoms with Crippen molar-refractivity contribution in [1.82, 2.24) is 15.1 Å². The Morgan fingerprint density at radius 3 is 2.32 bits per heavy atom. The van der Waals surface area contributed by atoms with Crippen LogP contribution >= 0.6 is 11.6 Å². The fourth-order valence-electron chi connectivity index (χ4n) is 3.52. The zero-order valence-corrected chi connectivity index (χ0v) is 13.7. The average molecular weight is 284 g/mol.